The molecule has 0 aromatic heterocycles. The molecule has 5 nitrogen and oxygen atoms in total. The lowest BCUT2D eigenvalue weighted by Gasteiger charge is -2.23. The Labute approximate surface area is 135 Å². The molecular weight excluding hydrogens is 383 g/mol. The van der Waals surface area contributed by atoms with E-state index in [9.17, 15) is 9.59 Å². The van der Waals surface area contributed by atoms with Gasteiger partial charge in [0.15, 0.2) is 0 Å². The normalized spacial score (nSPS) is 10.1. The molecule has 0 aliphatic heterocycles. The molecule has 0 unspecified atom stereocenters. The molecule has 1 amide bonds. The zero-order valence-corrected chi connectivity index (χ0v) is 13.1. The minimum atomic E-state index is -1.10. The van der Waals surface area contributed by atoms with Crippen LogP contribution in [0.2, 0.25) is 0 Å². The first-order chi connectivity index (χ1) is 10.0. The van der Waals surface area contributed by atoms with Gasteiger partial charge in [-0.2, -0.15) is 0 Å². The summed E-state index contributed by atoms with van der Waals surface area (Å²) in [7, 11) is 0. The monoisotopic (exact) mass is 396 g/mol. The Hall–Kier alpha value is -2.09. The molecule has 0 bridgehead atoms. The number of carbonyl (C=O) groups excluding carboxylic acids is 1. The highest BCUT2D eigenvalue weighted by molar-refractivity contribution is 14.1. The molecule has 0 fully saturated rings. The topological polar surface area (TPSA) is 83.6 Å². The third-order valence-electron chi connectivity index (χ3n) is 2.87. The number of halogens is 1. The van der Waals surface area contributed by atoms with E-state index in [1.165, 1.54) is 4.90 Å². The fraction of sp³-hybridized carbons (Fsp3) is 0.0667. The van der Waals surface area contributed by atoms with Crippen LogP contribution in [0, 0.1) is 3.57 Å². The van der Waals surface area contributed by atoms with Gasteiger partial charge in [-0.05, 0) is 46.9 Å². The average molecular weight is 396 g/mol. The summed E-state index contributed by atoms with van der Waals surface area (Å²) >= 11 is 2.04. The van der Waals surface area contributed by atoms with Crippen LogP contribution in [0.4, 0.5) is 11.4 Å². The smallest absolute Gasteiger partial charge is 0.323 e. The Morgan fingerprint density at radius 3 is 2.33 bits per heavy atom. The number of benzene rings is 2. The molecule has 0 radical (unpaired) electrons. The van der Waals surface area contributed by atoms with Crippen molar-refractivity contribution in [2.24, 2.45) is 0 Å². The summed E-state index contributed by atoms with van der Waals surface area (Å²) in [5, 5.41) is 9.06. The molecule has 0 atom stereocenters. The van der Waals surface area contributed by atoms with E-state index < -0.39 is 12.5 Å². The number of para-hydroxylation sites is 2. The Morgan fingerprint density at radius 1 is 1.10 bits per heavy atom. The molecule has 2 aromatic carbocycles. The van der Waals surface area contributed by atoms with Crippen molar-refractivity contribution < 1.29 is 14.7 Å². The molecule has 0 saturated heterocycles. The van der Waals surface area contributed by atoms with Crippen molar-refractivity contribution >= 4 is 45.8 Å². The fourth-order valence-electron chi connectivity index (χ4n) is 1.92. The minimum absolute atomic E-state index is 0.359. The lowest BCUT2D eigenvalue weighted by Crippen LogP contribution is -2.36. The predicted molar refractivity (Wildman–Crippen MR) is 89.3 cm³/mol. The first kappa shape index (κ1) is 15.3. The summed E-state index contributed by atoms with van der Waals surface area (Å²) in [5.41, 5.74) is 7.06. The number of anilines is 2. The average Bonchev–Trinajstić information content (AvgIpc) is 2.45. The van der Waals surface area contributed by atoms with Crippen molar-refractivity contribution in [3.05, 3.63) is 57.7 Å². The maximum Gasteiger partial charge on any atom is 0.323 e. The third kappa shape index (κ3) is 3.52. The van der Waals surface area contributed by atoms with Crippen LogP contribution < -0.4 is 10.6 Å². The third-order valence-corrected chi connectivity index (χ3v) is 3.81. The molecule has 108 valence electrons. The number of nitrogens with two attached hydrogens (primary N) is 1. The highest BCUT2D eigenvalue weighted by Gasteiger charge is 2.23. The second-order valence-corrected chi connectivity index (χ2v) is 5.49. The van der Waals surface area contributed by atoms with Crippen LogP contribution in [0.1, 0.15) is 10.4 Å². The summed E-state index contributed by atoms with van der Waals surface area (Å²) in [6, 6.07) is 13.7. The number of amides is 1. The quantitative estimate of drug-likeness (QED) is 0.615. The largest absolute Gasteiger partial charge is 0.480 e. The number of nitrogen functional groups attached to an aromatic ring is 1. The standard InChI is InChI=1S/C15H13IN2O3/c16-11-6-2-1-5-10(11)15(21)18(9-14(19)20)13-8-4-3-7-12(13)17/h1-8H,9,17H2,(H,19,20). The molecule has 0 saturated carbocycles. The van der Waals surface area contributed by atoms with Gasteiger partial charge in [0.1, 0.15) is 6.54 Å². The van der Waals surface area contributed by atoms with Crippen LogP contribution in [0.25, 0.3) is 0 Å². The lowest BCUT2D eigenvalue weighted by molar-refractivity contribution is -0.135. The minimum Gasteiger partial charge on any atom is -0.480 e. The van der Waals surface area contributed by atoms with E-state index in [0.717, 1.165) is 3.57 Å². The van der Waals surface area contributed by atoms with Gasteiger partial charge in [-0.15, -0.1) is 0 Å². The van der Waals surface area contributed by atoms with Crippen molar-refractivity contribution in [3.63, 3.8) is 0 Å². The molecular formula is C15H13IN2O3. The SMILES string of the molecule is Nc1ccccc1N(CC(=O)O)C(=O)c1ccccc1I. The van der Waals surface area contributed by atoms with E-state index in [1.54, 1.807) is 42.5 Å². The van der Waals surface area contributed by atoms with Gasteiger partial charge >= 0.3 is 5.97 Å². The van der Waals surface area contributed by atoms with Crippen LogP contribution in [-0.2, 0) is 4.79 Å². The van der Waals surface area contributed by atoms with Crippen LogP contribution in [0.3, 0.4) is 0 Å². The van der Waals surface area contributed by atoms with E-state index in [0.29, 0.717) is 16.9 Å². The van der Waals surface area contributed by atoms with E-state index >= 15 is 0 Å². The van der Waals surface area contributed by atoms with Gasteiger partial charge in [0.2, 0.25) is 0 Å². The van der Waals surface area contributed by atoms with Gasteiger partial charge in [0, 0.05) is 3.57 Å². The van der Waals surface area contributed by atoms with E-state index in [4.69, 9.17) is 10.8 Å². The summed E-state index contributed by atoms with van der Waals surface area (Å²) < 4.78 is 0.755. The van der Waals surface area contributed by atoms with Gasteiger partial charge in [-0.3, -0.25) is 14.5 Å². The number of carboxylic acids is 1. The predicted octanol–water partition coefficient (Wildman–Crippen LogP) is 2.60. The lowest BCUT2D eigenvalue weighted by atomic mass is 10.1. The fourth-order valence-corrected chi connectivity index (χ4v) is 2.53. The van der Waals surface area contributed by atoms with E-state index in [-0.39, 0.29) is 5.91 Å². The Morgan fingerprint density at radius 2 is 1.71 bits per heavy atom. The number of nitrogens with zero attached hydrogens (tertiary/aromatic N) is 1. The van der Waals surface area contributed by atoms with Crippen molar-refractivity contribution in [3.8, 4) is 0 Å². The molecule has 6 heteroatoms. The Balaban J connectivity index is 2.46. The second kappa shape index (κ2) is 6.57. The van der Waals surface area contributed by atoms with E-state index in [1.807, 2.05) is 28.7 Å². The maximum absolute atomic E-state index is 12.7. The number of hydrogen-bond acceptors (Lipinski definition) is 3. The van der Waals surface area contributed by atoms with Gasteiger partial charge in [0.25, 0.3) is 5.91 Å². The number of rotatable bonds is 4. The number of carbonyl (C=O) groups is 2. The zero-order valence-electron chi connectivity index (χ0n) is 11.0. The first-order valence-corrected chi connectivity index (χ1v) is 7.21. The molecule has 2 rings (SSSR count). The molecule has 0 spiro atoms. The Kier molecular flexibility index (Phi) is 4.79. The summed E-state index contributed by atoms with van der Waals surface area (Å²) in [6.07, 6.45) is 0. The molecule has 0 heterocycles. The number of hydrogen-bond donors (Lipinski definition) is 2. The zero-order chi connectivity index (χ0) is 15.4. The molecule has 2 aromatic rings. The highest BCUT2D eigenvalue weighted by atomic mass is 127. The van der Waals surface area contributed by atoms with Crippen LogP contribution in [-0.4, -0.2) is 23.5 Å². The van der Waals surface area contributed by atoms with Crippen LogP contribution in [0.15, 0.2) is 48.5 Å². The summed E-state index contributed by atoms with van der Waals surface area (Å²) in [5.74, 6) is -1.49. The van der Waals surface area contributed by atoms with E-state index in [2.05, 4.69) is 0 Å². The van der Waals surface area contributed by atoms with Gasteiger partial charge in [-0.25, -0.2) is 0 Å². The summed E-state index contributed by atoms with van der Waals surface area (Å²) in [6.45, 7) is -0.446. The maximum atomic E-state index is 12.7. The second-order valence-electron chi connectivity index (χ2n) is 4.32. The summed E-state index contributed by atoms with van der Waals surface area (Å²) in [4.78, 5) is 24.9. The molecule has 0 aliphatic carbocycles. The molecule has 0 aliphatic rings. The van der Waals surface area contributed by atoms with Gasteiger partial charge < -0.3 is 10.8 Å². The van der Waals surface area contributed by atoms with Crippen molar-refractivity contribution in [1.29, 1.82) is 0 Å². The molecule has 21 heavy (non-hydrogen) atoms. The van der Waals surface area contributed by atoms with Crippen molar-refractivity contribution in [2.75, 3.05) is 17.2 Å². The Bertz CT molecular complexity index is 688. The first-order valence-electron chi connectivity index (χ1n) is 6.13. The molecule has 3 N–H and O–H groups in total. The van der Waals surface area contributed by atoms with Crippen LogP contribution in [0.5, 0.6) is 0 Å². The van der Waals surface area contributed by atoms with Crippen molar-refractivity contribution in [1.82, 2.24) is 0 Å². The highest BCUT2D eigenvalue weighted by Crippen LogP contribution is 2.25. The van der Waals surface area contributed by atoms with Crippen molar-refractivity contribution in [2.45, 2.75) is 0 Å². The number of carboxylic acid groups (broad SMARTS) is 1. The van der Waals surface area contributed by atoms with Gasteiger partial charge in [0.05, 0.1) is 16.9 Å². The van der Waals surface area contributed by atoms with Crippen LogP contribution >= 0.6 is 22.6 Å². The van der Waals surface area contributed by atoms with Gasteiger partial charge in [-0.1, -0.05) is 24.3 Å². The number of aliphatic carboxylic acids is 1.